The highest BCUT2D eigenvalue weighted by atomic mass is 19.1. The summed E-state index contributed by atoms with van der Waals surface area (Å²) >= 11 is 0. The van der Waals surface area contributed by atoms with E-state index in [9.17, 15) is 24.4 Å². The molecule has 104 valence electrons. The average molecular weight is 280 g/mol. The van der Waals surface area contributed by atoms with Crippen molar-refractivity contribution in [3.63, 3.8) is 0 Å². The van der Waals surface area contributed by atoms with E-state index in [1.165, 1.54) is 19.2 Å². The van der Waals surface area contributed by atoms with Crippen molar-refractivity contribution in [2.45, 2.75) is 0 Å². The predicted octanol–water partition coefficient (Wildman–Crippen LogP) is 1.80. The number of aromatic hydroxyl groups is 1. The van der Waals surface area contributed by atoms with Gasteiger partial charge < -0.3 is 14.8 Å². The van der Waals surface area contributed by atoms with E-state index >= 15 is 0 Å². The number of ether oxygens (including phenoxy) is 1. The summed E-state index contributed by atoms with van der Waals surface area (Å²) in [5.41, 5.74) is -2.24. The number of benzene rings is 1. The summed E-state index contributed by atoms with van der Waals surface area (Å²) in [6.07, 6.45) is 0. The van der Waals surface area contributed by atoms with Crippen LogP contribution in [0, 0.1) is 15.9 Å². The van der Waals surface area contributed by atoms with Crippen molar-refractivity contribution in [3.05, 3.63) is 50.6 Å². The number of aromatic nitrogens is 1. The Morgan fingerprint density at radius 3 is 2.65 bits per heavy atom. The largest absolute Gasteiger partial charge is 0.502 e. The Morgan fingerprint density at radius 1 is 1.40 bits per heavy atom. The molecule has 20 heavy (non-hydrogen) atoms. The average Bonchev–Trinajstić information content (AvgIpc) is 2.37. The second-order valence-electron chi connectivity index (χ2n) is 3.85. The molecule has 0 bridgehead atoms. The Hall–Kier alpha value is -2.90. The third-order valence-corrected chi connectivity index (χ3v) is 2.63. The summed E-state index contributed by atoms with van der Waals surface area (Å²) in [5, 5.41) is 20.1. The number of methoxy groups -OCH3 is 1. The first-order valence-electron chi connectivity index (χ1n) is 5.38. The lowest BCUT2D eigenvalue weighted by Gasteiger charge is -2.06. The number of nitro groups is 1. The van der Waals surface area contributed by atoms with Gasteiger partial charge >= 0.3 is 11.2 Å². The second kappa shape index (κ2) is 5.00. The van der Waals surface area contributed by atoms with E-state index in [2.05, 4.69) is 4.98 Å². The van der Waals surface area contributed by atoms with Crippen molar-refractivity contribution >= 4 is 5.69 Å². The van der Waals surface area contributed by atoms with Crippen molar-refractivity contribution < 1.29 is 19.2 Å². The first-order chi connectivity index (χ1) is 9.43. The predicted molar refractivity (Wildman–Crippen MR) is 67.3 cm³/mol. The highest BCUT2D eigenvalue weighted by Crippen LogP contribution is 2.29. The maximum Gasteiger partial charge on any atom is 0.375 e. The lowest BCUT2D eigenvalue weighted by atomic mass is 10.1. The first kappa shape index (κ1) is 13.5. The van der Waals surface area contributed by atoms with Crippen LogP contribution >= 0.6 is 0 Å². The van der Waals surface area contributed by atoms with E-state index in [4.69, 9.17) is 4.74 Å². The zero-order chi connectivity index (χ0) is 14.9. The minimum absolute atomic E-state index is 0.0494. The number of rotatable bonds is 3. The Balaban J connectivity index is 2.66. The van der Waals surface area contributed by atoms with E-state index in [1.54, 1.807) is 0 Å². The zero-order valence-electron chi connectivity index (χ0n) is 10.2. The Bertz CT molecular complexity index is 741. The lowest BCUT2D eigenvalue weighted by Crippen LogP contribution is -2.12. The second-order valence-corrected chi connectivity index (χ2v) is 3.85. The monoisotopic (exact) mass is 280 g/mol. The molecule has 0 radical (unpaired) electrons. The molecule has 2 aromatic rings. The zero-order valence-corrected chi connectivity index (χ0v) is 10.2. The van der Waals surface area contributed by atoms with E-state index in [0.717, 1.165) is 12.1 Å². The smallest absolute Gasteiger partial charge is 0.375 e. The molecule has 0 saturated carbocycles. The van der Waals surface area contributed by atoms with Crippen LogP contribution < -0.4 is 10.3 Å². The Morgan fingerprint density at radius 2 is 2.10 bits per heavy atom. The molecule has 0 aliphatic carbocycles. The van der Waals surface area contributed by atoms with Crippen LogP contribution in [0.4, 0.5) is 10.1 Å². The molecule has 0 spiro atoms. The fraction of sp³-hybridized carbons (Fsp3) is 0.0833. The van der Waals surface area contributed by atoms with Gasteiger partial charge in [0, 0.05) is 11.6 Å². The summed E-state index contributed by atoms with van der Waals surface area (Å²) in [4.78, 5) is 23.3. The molecule has 0 aliphatic rings. The van der Waals surface area contributed by atoms with Gasteiger partial charge in [-0.2, -0.15) is 0 Å². The quantitative estimate of drug-likeness (QED) is 0.658. The fourth-order valence-electron chi connectivity index (χ4n) is 1.70. The number of hydrogen-bond acceptors (Lipinski definition) is 5. The van der Waals surface area contributed by atoms with Gasteiger partial charge in [0.1, 0.15) is 11.6 Å². The van der Waals surface area contributed by atoms with Crippen molar-refractivity contribution in [1.29, 1.82) is 0 Å². The number of aromatic amines is 1. The van der Waals surface area contributed by atoms with Crippen LogP contribution in [0.15, 0.2) is 29.1 Å². The maximum absolute atomic E-state index is 13.7. The third kappa shape index (κ3) is 2.30. The summed E-state index contributed by atoms with van der Waals surface area (Å²) in [5.74, 6) is -1.18. The number of pyridine rings is 1. The van der Waals surface area contributed by atoms with Crippen molar-refractivity contribution in [2.75, 3.05) is 7.11 Å². The van der Waals surface area contributed by atoms with Crippen LogP contribution in [0.1, 0.15) is 0 Å². The summed E-state index contributed by atoms with van der Waals surface area (Å²) in [6, 6.07) is 4.70. The van der Waals surface area contributed by atoms with Crippen LogP contribution in [-0.2, 0) is 0 Å². The van der Waals surface area contributed by atoms with Crippen LogP contribution in [0.2, 0.25) is 0 Å². The molecule has 0 amide bonds. The number of H-pyrrole nitrogens is 1. The number of nitrogens with zero attached hydrogens (tertiary/aromatic N) is 1. The van der Waals surface area contributed by atoms with Crippen LogP contribution in [0.3, 0.4) is 0 Å². The Labute approximate surface area is 111 Å². The highest BCUT2D eigenvalue weighted by molar-refractivity contribution is 5.65. The topological polar surface area (TPSA) is 105 Å². The number of halogens is 1. The van der Waals surface area contributed by atoms with Gasteiger partial charge in [-0.15, -0.1) is 0 Å². The van der Waals surface area contributed by atoms with Crippen molar-refractivity contribution in [1.82, 2.24) is 4.98 Å². The molecule has 0 unspecified atom stereocenters. The number of hydrogen-bond donors (Lipinski definition) is 2. The molecule has 0 fully saturated rings. The van der Waals surface area contributed by atoms with Crippen LogP contribution in [0.5, 0.6) is 11.5 Å². The number of nitrogens with one attached hydrogen (secondary N) is 1. The van der Waals surface area contributed by atoms with E-state index in [0.29, 0.717) is 5.75 Å². The van der Waals surface area contributed by atoms with Gasteiger partial charge in [-0.05, 0) is 18.2 Å². The molecule has 1 aromatic carbocycles. The summed E-state index contributed by atoms with van der Waals surface area (Å²) in [6.45, 7) is 0. The third-order valence-electron chi connectivity index (χ3n) is 2.63. The molecule has 8 heteroatoms. The van der Waals surface area contributed by atoms with Gasteiger partial charge in [-0.1, -0.05) is 0 Å². The van der Waals surface area contributed by atoms with E-state index in [1.807, 2.05) is 0 Å². The standard InChI is InChI=1S/C12H9FN2O5/c1-20-6-2-3-8(13)7(4-6)9-5-10(16)11(15(18)19)12(17)14-9/h2-5H,1H3,(H2,14,16,17). The molecule has 7 nitrogen and oxygen atoms in total. The molecular formula is C12H9FN2O5. The Kier molecular flexibility index (Phi) is 3.38. The molecule has 0 atom stereocenters. The van der Waals surface area contributed by atoms with Gasteiger partial charge in [-0.25, -0.2) is 4.39 Å². The lowest BCUT2D eigenvalue weighted by molar-refractivity contribution is -0.387. The molecule has 1 aromatic heterocycles. The van der Waals surface area contributed by atoms with Gasteiger partial charge in [0.25, 0.3) is 0 Å². The normalized spacial score (nSPS) is 10.3. The van der Waals surface area contributed by atoms with Gasteiger partial charge in [0.15, 0.2) is 0 Å². The molecule has 0 aliphatic heterocycles. The van der Waals surface area contributed by atoms with Gasteiger partial charge in [0.2, 0.25) is 5.75 Å². The first-order valence-corrected chi connectivity index (χ1v) is 5.38. The summed E-state index contributed by atoms with van der Waals surface area (Å²) < 4.78 is 18.6. The minimum Gasteiger partial charge on any atom is -0.502 e. The SMILES string of the molecule is COc1ccc(F)c(-c2cc(O)c([N+](=O)[O-])c(=O)[nH]2)c1. The molecule has 2 N–H and O–H groups in total. The summed E-state index contributed by atoms with van der Waals surface area (Å²) in [7, 11) is 1.38. The van der Waals surface area contributed by atoms with Crippen LogP contribution in [-0.4, -0.2) is 22.1 Å². The van der Waals surface area contributed by atoms with Gasteiger partial charge in [-0.3, -0.25) is 14.9 Å². The van der Waals surface area contributed by atoms with E-state index < -0.39 is 27.7 Å². The molecule has 2 rings (SSSR count). The van der Waals surface area contributed by atoms with Gasteiger partial charge in [0.05, 0.1) is 17.7 Å². The van der Waals surface area contributed by atoms with Crippen LogP contribution in [0.25, 0.3) is 11.3 Å². The molecular weight excluding hydrogens is 271 g/mol. The maximum atomic E-state index is 13.7. The molecule has 0 saturated heterocycles. The highest BCUT2D eigenvalue weighted by Gasteiger charge is 2.21. The van der Waals surface area contributed by atoms with E-state index in [-0.39, 0.29) is 11.3 Å². The fourth-order valence-corrected chi connectivity index (χ4v) is 1.70. The van der Waals surface area contributed by atoms with Crippen molar-refractivity contribution in [3.8, 4) is 22.8 Å². The minimum atomic E-state index is -1.12. The van der Waals surface area contributed by atoms with Crippen molar-refractivity contribution in [2.24, 2.45) is 0 Å². The molecule has 1 heterocycles.